The first-order valence-electron chi connectivity index (χ1n) is 6.64. The Kier molecular flexibility index (Phi) is 2.82. The summed E-state index contributed by atoms with van der Waals surface area (Å²) in [6, 6.07) is 7.87. The lowest BCUT2D eigenvalue weighted by Gasteiger charge is -2.20. The topological polar surface area (TPSA) is 36.1 Å². The predicted octanol–water partition coefficient (Wildman–Crippen LogP) is 3.04. The molecule has 18 heavy (non-hydrogen) atoms. The molecule has 1 heterocycles. The normalized spacial score (nSPS) is 14.9. The summed E-state index contributed by atoms with van der Waals surface area (Å²) in [5.74, 6) is 0.900. The molecule has 0 aliphatic heterocycles. The summed E-state index contributed by atoms with van der Waals surface area (Å²) in [4.78, 5) is 17.5. The van der Waals surface area contributed by atoms with Crippen LogP contribution in [0.4, 0.5) is 0 Å². The fourth-order valence-electron chi connectivity index (χ4n) is 2.34. The Balaban J connectivity index is 1.84. The number of carbonyl (C=O) groups is 1. The average Bonchev–Trinajstić information content (AvgIpc) is 3.09. The molecular formula is C15H18N2O. The fourth-order valence-corrected chi connectivity index (χ4v) is 2.34. The molecule has 1 N–H and O–H groups in total. The van der Waals surface area contributed by atoms with Gasteiger partial charge in [0, 0.05) is 35.8 Å². The van der Waals surface area contributed by atoms with Crippen LogP contribution in [0.5, 0.6) is 0 Å². The maximum absolute atomic E-state index is 12.4. The Morgan fingerprint density at radius 3 is 2.94 bits per heavy atom. The SMILES string of the molecule is CCN(CC1CC1)C(=O)c1ccc2[nH]ccc2c1. The lowest BCUT2D eigenvalue weighted by atomic mass is 10.1. The quantitative estimate of drug-likeness (QED) is 0.879. The second kappa shape index (κ2) is 4.48. The van der Waals surface area contributed by atoms with E-state index in [4.69, 9.17) is 0 Å². The molecule has 0 radical (unpaired) electrons. The third kappa shape index (κ3) is 2.13. The van der Waals surface area contributed by atoms with Gasteiger partial charge in [-0.15, -0.1) is 0 Å². The van der Waals surface area contributed by atoms with Gasteiger partial charge >= 0.3 is 0 Å². The largest absolute Gasteiger partial charge is 0.361 e. The van der Waals surface area contributed by atoms with Crippen LogP contribution < -0.4 is 0 Å². The molecule has 3 heteroatoms. The summed E-state index contributed by atoms with van der Waals surface area (Å²) in [6.45, 7) is 3.76. The lowest BCUT2D eigenvalue weighted by molar-refractivity contribution is 0.0757. The van der Waals surface area contributed by atoms with E-state index in [2.05, 4.69) is 11.9 Å². The van der Waals surface area contributed by atoms with Crippen molar-refractivity contribution >= 4 is 16.8 Å². The van der Waals surface area contributed by atoms with Crippen molar-refractivity contribution in [1.82, 2.24) is 9.88 Å². The number of aromatic amines is 1. The zero-order valence-corrected chi connectivity index (χ0v) is 10.6. The first-order valence-corrected chi connectivity index (χ1v) is 6.64. The highest BCUT2D eigenvalue weighted by atomic mass is 16.2. The molecule has 1 fully saturated rings. The van der Waals surface area contributed by atoms with E-state index in [1.165, 1.54) is 12.8 Å². The molecule has 0 unspecified atom stereocenters. The molecule has 3 nitrogen and oxygen atoms in total. The third-order valence-corrected chi connectivity index (χ3v) is 3.64. The van der Waals surface area contributed by atoms with Gasteiger partial charge in [0.1, 0.15) is 0 Å². The van der Waals surface area contributed by atoms with Crippen molar-refractivity contribution in [2.75, 3.05) is 13.1 Å². The minimum Gasteiger partial charge on any atom is -0.361 e. The second-order valence-corrected chi connectivity index (χ2v) is 5.07. The number of fused-ring (bicyclic) bond motifs is 1. The van der Waals surface area contributed by atoms with Crippen LogP contribution in [-0.4, -0.2) is 28.9 Å². The van der Waals surface area contributed by atoms with Crippen LogP contribution in [0.1, 0.15) is 30.1 Å². The van der Waals surface area contributed by atoms with Gasteiger partial charge in [0.25, 0.3) is 5.91 Å². The van der Waals surface area contributed by atoms with Gasteiger partial charge in [-0.25, -0.2) is 0 Å². The number of H-pyrrole nitrogens is 1. The molecule has 2 aromatic rings. The molecule has 94 valence electrons. The number of nitrogens with one attached hydrogen (secondary N) is 1. The molecular weight excluding hydrogens is 224 g/mol. The van der Waals surface area contributed by atoms with Crippen molar-refractivity contribution < 1.29 is 4.79 Å². The van der Waals surface area contributed by atoms with Gasteiger partial charge in [0.05, 0.1) is 0 Å². The maximum Gasteiger partial charge on any atom is 0.253 e. The lowest BCUT2D eigenvalue weighted by Crippen LogP contribution is -2.32. The van der Waals surface area contributed by atoms with E-state index < -0.39 is 0 Å². The molecule has 1 amide bonds. The van der Waals surface area contributed by atoms with Crippen LogP contribution in [0, 0.1) is 5.92 Å². The number of hydrogen-bond acceptors (Lipinski definition) is 1. The van der Waals surface area contributed by atoms with Crippen molar-refractivity contribution in [3.63, 3.8) is 0 Å². The maximum atomic E-state index is 12.4. The van der Waals surface area contributed by atoms with Crippen molar-refractivity contribution in [3.05, 3.63) is 36.0 Å². The minimum absolute atomic E-state index is 0.160. The highest BCUT2D eigenvalue weighted by Crippen LogP contribution is 2.30. The van der Waals surface area contributed by atoms with Gasteiger partial charge in [0.2, 0.25) is 0 Å². The van der Waals surface area contributed by atoms with Crippen molar-refractivity contribution in [2.24, 2.45) is 5.92 Å². The highest BCUT2D eigenvalue weighted by Gasteiger charge is 2.26. The Morgan fingerprint density at radius 2 is 2.22 bits per heavy atom. The third-order valence-electron chi connectivity index (χ3n) is 3.64. The van der Waals surface area contributed by atoms with Crippen LogP contribution >= 0.6 is 0 Å². The molecule has 1 aliphatic carbocycles. The molecule has 1 saturated carbocycles. The van der Waals surface area contributed by atoms with Gasteiger partial charge in [-0.05, 0) is 49.9 Å². The zero-order chi connectivity index (χ0) is 12.5. The molecule has 1 aromatic heterocycles. The van der Waals surface area contributed by atoms with Crippen molar-refractivity contribution in [2.45, 2.75) is 19.8 Å². The fraction of sp³-hybridized carbons (Fsp3) is 0.400. The Hall–Kier alpha value is -1.77. The summed E-state index contributed by atoms with van der Waals surface area (Å²) >= 11 is 0. The molecule has 0 bridgehead atoms. The van der Waals surface area contributed by atoms with Gasteiger partial charge < -0.3 is 9.88 Å². The van der Waals surface area contributed by atoms with E-state index in [1.807, 2.05) is 35.4 Å². The van der Waals surface area contributed by atoms with E-state index in [0.29, 0.717) is 0 Å². The van der Waals surface area contributed by atoms with E-state index in [1.54, 1.807) is 0 Å². The number of aromatic nitrogens is 1. The Labute approximate surface area is 107 Å². The molecule has 1 aromatic carbocycles. The monoisotopic (exact) mass is 242 g/mol. The first kappa shape index (κ1) is 11.3. The number of amides is 1. The van der Waals surface area contributed by atoms with E-state index >= 15 is 0 Å². The first-order chi connectivity index (χ1) is 8.78. The minimum atomic E-state index is 0.160. The Bertz CT molecular complexity index is 569. The predicted molar refractivity (Wildman–Crippen MR) is 72.6 cm³/mol. The highest BCUT2D eigenvalue weighted by molar-refractivity contribution is 5.98. The van der Waals surface area contributed by atoms with Gasteiger partial charge in [-0.2, -0.15) is 0 Å². The Morgan fingerprint density at radius 1 is 1.39 bits per heavy atom. The molecule has 0 saturated heterocycles. The van der Waals surface area contributed by atoms with Crippen molar-refractivity contribution in [3.8, 4) is 0 Å². The van der Waals surface area contributed by atoms with Crippen LogP contribution in [-0.2, 0) is 0 Å². The van der Waals surface area contributed by atoms with Crippen LogP contribution in [0.25, 0.3) is 10.9 Å². The molecule has 0 spiro atoms. The van der Waals surface area contributed by atoms with Crippen LogP contribution in [0.3, 0.4) is 0 Å². The summed E-state index contributed by atoms with van der Waals surface area (Å²) in [5.41, 5.74) is 1.88. The van der Waals surface area contributed by atoms with E-state index in [0.717, 1.165) is 35.5 Å². The molecule has 0 atom stereocenters. The van der Waals surface area contributed by atoms with E-state index in [9.17, 15) is 4.79 Å². The van der Waals surface area contributed by atoms with Crippen LogP contribution in [0.2, 0.25) is 0 Å². The summed E-state index contributed by atoms with van der Waals surface area (Å²) in [5, 5.41) is 1.10. The smallest absolute Gasteiger partial charge is 0.253 e. The summed E-state index contributed by atoms with van der Waals surface area (Å²) < 4.78 is 0. The summed E-state index contributed by atoms with van der Waals surface area (Å²) in [7, 11) is 0. The summed E-state index contributed by atoms with van der Waals surface area (Å²) in [6.07, 6.45) is 4.46. The zero-order valence-electron chi connectivity index (χ0n) is 10.6. The number of carbonyl (C=O) groups excluding carboxylic acids is 1. The number of hydrogen-bond donors (Lipinski definition) is 1. The average molecular weight is 242 g/mol. The van der Waals surface area contributed by atoms with Crippen LogP contribution in [0.15, 0.2) is 30.5 Å². The molecule has 3 rings (SSSR count). The van der Waals surface area contributed by atoms with E-state index in [-0.39, 0.29) is 5.91 Å². The second-order valence-electron chi connectivity index (χ2n) is 5.07. The van der Waals surface area contributed by atoms with Gasteiger partial charge in [-0.3, -0.25) is 4.79 Å². The standard InChI is InChI=1S/C15H18N2O/c1-2-17(10-11-3-4-11)15(18)13-5-6-14-12(9-13)7-8-16-14/h5-9,11,16H,2-4,10H2,1H3. The number of nitrogens with zero attached hydrogens (tertiary/aromatic N) is 1. The van der Waals surface area contributed by atoms with Crippen molar-refractivity contribution in [1.29, 1.82) is 0 Å². The molecule has 1 aliphatic rings. The number of rotatable bonds is 4. The number of benzene rings is 1. The van der Waals surface area contributed by atoms with Gasteiger partial charge in [0.15, 0.2) is 0 Å². The van der Waals surface area contributed by atoms with Gasteiger partial charge in [-0.1, -0.05) is 0 Å².